The Morgan fingerprint density at radius 1 is 1.18 bits per heavy atom. The average molecular weight is 412 g/mol. The van der Waals surface area contributed by atoms with E-state index in [-0.39, 0.29) is 5.69 Å². The Bertz CT molecular complexity index is 1210. The second-order valence-corrected chi connectivity index (χ2v) is 7.04. The third kappa shape index (κ3) is 3.52. The summed E-state index contributed by atoms with van der Waals surface area (Å²) in [5, 5.41) is 12.9. The number of aromatic amines is 2. The number of halogens is 2. The second-order valence-electron chi connectivity index (χ2n) is 6.20. The molecule has 3 N–H and O–H groups in total. The van der Waals surface area contributed by atoms with Gasteiger partial charge in [0.25, 0.3) is 5.91 Å². The lowest BCUT2D eigenvalue weighted by molar-refractivity contribution is 0.0950. The van der Waals surface area contributed by atoms with Gasteiger partial charge in [0.05, 0.1) is 16.9 Å². The number of para-hydroxylation sites is 1. The van der Waals surface area contributed by atoms with Crippen molar-refractivity contribution in [2.75, 3.05) is 0 Å². The van der Waals surface area contributed by atoms with Crippen molar-refractivity contribution in [3.05, 3.63) is 75.5 Å². The molecular formula is C20H15Cl2N5O. The van der Waals surface area contributed by atoms with Crippen molar-refractivity contribution in [2.45, 2.75) is 6.92 Å². The van der Waals surface area contributed by atoms with Crippen LogP contribution in [0.5, 0.6) is 0 Å². The first-order valence-corrected chi connectivity index (χ1v) is 9.20. The standard InChI is InChI=1S/C20H15Cl2N5O/c1-11-15(13-4-2-3-5-17(13)24-11)10-23-27-20(28)19-9-18(25-26-19)14-7-6-12(21)8-16(14)22/h2-10,24H,1H3,(H,25,26)(H,27,28)/b23-10-. The van der Waals surface area contributed by atoms with Crippen molar-refractivity contribution >= 4 is 46.2 Å². The van der Waals surface area contributed by atoms with E-state index >= 15 is 0 Å². The molecular weight excluding hydrogens is 397 g/mol. The first-order valence-electron chi connectivity index (χ1n) is 8.44. The van der Waals surface area contributed by atoms with Gasteiger partial charge in [0.1, 0.15) is 5.69 Å². The molecule has 0 spiro atoms. The quantitative estimate of drug-likeness (QED) is 0.328. The number of aryl methyl sites for hydroxylation is 1. The van der Waals surface area contributed by atoms with Gasteiger partial charge >= 0.3 is 0 Å². The van der Waals surface area contributed by atoms with Gasteiger partial charge < -0.3 is 4.98 Å². The van der Waals surface area contributed by atoms with Crippen molar-refractivity contribution in [2.24, 2.45) is 5.10 Å². The molecule has 0 atom stereocenters. The molecule has 0 aliphatic carbocycles. The molecule has 0 saturated carbocycles. The van der Waals surface area contributed by atoms with E-state index in [4.69, 9.17) is 23.2 Å². The number of carbonyl (C=O) groups is 1. The molecule has 28 heavy (non-hydrogen) atoms. The van der Waals surface area contributed by atoms with Gasteiger partial charge in [-0.15, -0.1) is 0 Å². The van der Waals surface area contributed by atoms with E-state index in [0.29, 0.717) is 21.3 Å². The molecule has 0 radical (unpaired) electrons. The molecule has 2 heterocycles. The molecule has 0 aliphatic rings. The van der Waals surface area contributed by atoms with E-state index in [1.165, 1.54) is 0 Å². The van der Waals surface area contributed by atoms with Crippen LogP contribution in [-0.4, -0.2) is 27.3 Å². The summed E-state index contributed by atoms with van der Waals surface area (Å²) in [5.74, 6) is -0.405. The lowest BCUT2D eigenvalue weighted by Gasteiger charge is -2.00. The lowest BCUT2D eigenvalue weighted by atomic mass is 10.1. The monoisotopic (exact) mass is 411 g/mol. The minimum atomic E-state index is -0.405. The SMILES string of the molecule is Cc1[nH]c2ccccc2c1/C=N\NC(=O)c1cc(-c2ccc(Cl)cc2Cl)n[nH]1. The molecule has 0 bridgehead atoms. The Hall–Kier alpha value is -3.09. The van der Waals surface area contributed by atoms with Crippen molar-refractivity contribution in [1.82, 2.24) is 20.6 Å². The first kappa shape index (κ1) is 18.3. The molecule has 0 aliphatic heterocycles. The minimum Gasteiger partial charge on any atom is -0.358 e. The van der Waals surface area contributed by atoms with Crippen LogP contribution in [0.1, 0.15) is 21.7 Å². The number of nitrogens with zero attached hydrogens (tertiary/aromatic N) is 2. The summed E-state index contributed by atoms with van der Waals surface area (Å²) in [7, 11) is 0. The smallest absolute Gasteiger partial charge is 0.289 e. The predicted octanol–water partition coefficient (Wildman–Crippen LogP) is 4.94. The Morgan fingerprint density at radius 3 is 2.82 bits per heavy atom. The summed E-state index contributed by atoms with van der Waals surface area (Å²) in [5.41, 5.74) is 6.92. The number of hydrogen-bond acceptors (Lipinski definition) is 3. The zero-order chi connectivity index (χ0) is 19.7. The highest BCUT2D eigenvalue weighted by atomic mass is 35.5. The fourth-order valence-corrected chi connectivity index (χ4v) is 3.46. The minimum absolute atomic E-state index is 0.272. The number of nitrogens with one attached hydrogen (secondary N) is 3. The van der Waals surface area contributed by atoms with Gasteiger partial charge in [-0.3, -0.25) is 9.89 Å². The largest absolute Gasteiger partial charge is 0.358 e. The molecule has 2 aromatic heterocycles. The third-order valence-corrected chi connectivity index (χ3v) is 4.88. The zero-order valence-electron chi connectivity index (χ0n) is 14.8. The van der Waals surface area contributed by atoms with Crippen LogP contribution in [0.25, 0.3) is 22.2 Å². The first-order chi connectivity index (χ1) is 13.5. The average Bonchev–Trinajstić information content (AvgIpc) is 3.27. The highest BCUT2D eigenvalue weighted by molar-refractivity contribution is 6.36. The highest BCUT2D eigenvalue weighted by Crippen LogP contribution is 2.29. The van der Waals surface area contributed by atoms with Gasteiger partial charge in [-0.2, -0.15) is 10.2 Å². The number of amides is 1. The molecule has 140 valence electrons. The molecule has 8 heteroatoms. The maximum atomic E-state index is 12.3. The number of rotatable bonds is 4. The van der Waals surface area contributed by atoms with Crippen molar-refractivity contribution < 1.29 is 4.79 Å². The van der Waals surface area contributed by atoms with Crippen LogP contribution >= 0.6 is 23.2 Å². The maximum absolute atomic E-state index is 12.3. The predicted molar refractivity (Wildman–Crippen MR) is 112 cm³/mol. The fourth-order valence-electron chi connectivity index (χ4n) is 2.95. The van der Waals surface area contributed by atoms with Crippen LogP contribution in [0.15, 0.2) is 53.6 Å². The normalized spacial score (nSPS) is 11.4. The van der Waals surface area contributed by atoms with Crippen LogP contribution in [0.2, 0.25) is 10.0 Å². The molecule has 1 amide bonds. The summed E-state index contributed by atoms with van der Waals surface area (Å²) in [6, 6.07) is 14.6. The number of hydrogen-bond donors (Lipinski definition) is 3. The molecule has 0 fully saturated rings. The molecule has 0 saturated heterocycles. The third-order valence-electron chi connectivity index (χ3n) is 4.33. The summed E-state index contributed by atoms with van der Waals surface area (Å²) in [4.78, 5) is 15.6. The number of hydrazone groups is 1. The van der Waals surface area contributed by atoms with E-state index in [1.807, 2.05) is 31.2 Å². The van der Waals surface area contributed by atoms with Crippen molar-refractivity contribution in [1.29, 1.82) is 0 Å². The Kier molecular flexibility index (Phi) is 4.90. The van der Waals surface area contributed by atoms with Gasteiger partial charge in [-0.05, 0) is 37.3 Å². The Balaban J connectivity index is 1.51. The summed E-state index contributed by atoms with van der Waals surface area (Å²) < 4.78 is 0. The van der Waals surface area contributed by atoms with Gasteiger partial charge in [0, 0.05) is 32.7 Å². The molecule has 4 aromatic rings. The number of aromatic nitrogens is 3. The van der Waals surface area contributed by atoms with Crippen LogP contribution < -0.4 is 5.43 Å². The number of carbonyl (C=O) groups excluding carboxylic acids is 1. The highest BCUT2D eigenvalue weighted by Gasteiger charge is 2.13. The molecule has 4 rings (SSSR count). The van der Waals surface area contributed by atoms with Crippen LogP contribution in [0.4, 0.5) is 0 Å². The maximum Gasteiger partial charge on any atom is 0.289 e. The van der Waals surface area contributed by atoms with Crippen LogP contribution in [-0.2, 0) is 0 Å². The van der Waals surface area contributed by atoms with Crippen LogP contribution in [0, 0.1) is 6.92 Å². The number of fused-ring (bicyclic) bond motifs is 1. The molecule has 6 nitrogen and oxygen atoms in total. The number of benzene rings is 2. The van der Waals surface area contributed by atoms with Crippen LogP contribution in [0.3, 0.4) is 0 Å². The van der Waals surface area contributed by atoms with Crippen molar-refractivity contribution in [3.63, 3.8) is 0 Å². The Morgan fingerprint density at radius 2 is 2.00 bits per heavy atom. The topological polar surface area (TPSA) is 85.9 Å². The summed E-state index contributed by atoms with van der Waals surface area (Å²) in [6.45, 7) is 1.96. The fraction of sp³-hybridized carbons (Fsp3) is 0.0500. The van der Waals surface area contributed by atoms with E-state index in [2.05, 4.69) is 25.7 Å². The van der Waals surface area contributed by atoms with Gasteiger partial charge in [0.15, 0.2) is 0 Å². The molecule has 2 aromatic carbocycles. The van der Waals surface area contributed by atoms with Gasteiger partial charge in [-0.25, -0.2) is 5.43 Å². The van der Waals surface area contributed by atoms with E-state index in [1.54, 1.807) is 30.5 Å². The zero-order valence-corrected chi connectivity index (χ0v) is 16.3. The number of H-pyrrole nitrogens is 2. The molecule has 0 unspecified atom stereocenters. The van der Waals surface area contributed by atoms with E-state index < -0.39 is 5.91 Å². The van der Waals surface area contributed by atoms with E-state index in [9.17, 15) is 4.79 Å². The lowest BCUT2D eigenvalue weighted by Crippen LogP contribution is -2.18. The summed E-state index contributed by atoms with van der Waals surface area (Å²) >= 11 is 12.1. The van der Waals surface area contributed by atoms with E-state index in [0.717, 1.165) is 22.2 Å². The van der Waals surface area contributed by atoms with Gasteiger partial charge in [-0.1, -0.05) is 41.4 Å². The summed E-state index contributed by atoms with van der Waals surface area (Å²) in [6.07, 6.45) is 1.62. The Labute approximate surface area is 170 Å². The van der Waals surface area contributed by atoms with Crippen molar-refractivity contribution in [3.8, 4) is 11.3 Å². The second kappa shape index (κ2) is 7.50. The van der Waals surface area contributed by atoms with Gasteiger partial charge in [0.2, 0.25) is 0 Å².